The maximum absolute atomic E-state index is 12.2. The predicted molar refractivity (Wildman–Crippen MR) is 79.7 cm³/mol. The van der Waals surface area contributed by atoms with Gasteiger partial charge in [0.15, 0.2) is 0 Å². The van der Waals surface area contributed by atoms with Crippen LogP contribution >= 0.6 is 0 Å². The van der Waals surface area contributed by atoms with E-state index in [1.165, 1.54) is 14.2 Å². The number of nitriles is 1. The number of methoxy groups -OCH3 is 2. The molecule has 0 aliphatic rings. The summed E-state index contributed by atoms with van der Waals surface area (Å²) in [6, 6.07) is 6.86. The van der Waals surface area contributed by atoms with Crippen molar-refractivity contribution in [2.45, 2.75) is 12.8 Å². The molecule has 22 heavy (non-hydrogen) atoms. The minimum Gasteiger partial charge on any atom is -0.496 e. The lowest BCUT2D eigenvalue weighted by Crippen LogP contribution is -2.30. The number of nitrogens with one attached hydrogen (secondary N) is 2. The molecule has 1 rings (SSSR count). The van der Waals surface area contributed by atoms with E-state index in [1.807, 2.05) is 0 Å². The molecule has 2 amide bonds. The monoisotopic (exact) mass is 305 g/mol. The largest absolute Gasteiger partial charge is 0.496 e. The lowest BCUT2D eigenvalue weighted by Gasteiger charge is -2.13. The first-order valence-corrected chi connectivity index (χ1v) is 6.76. The Morgan fingerprint density at radius 3 is 2.27 bits per heavy atom. The average Bonchev–Trinajstić information content (AvgIpc) is 2.53. The van der Waals surface area contributed by atoms with Gasteiger partial charge in [0, 0.05) is 13.1 Å². The number of amides is 2. The minimum absolute atomic E-state index is 0.162. The van der Waals surface area contributed by atoms with E-state index in [-0.39, 0.29) is 18.2 Å². The van der Waals surface area contributed by atoms with Crippen LogP contribution in [0.4, 0.5) is 0 Å². The highest BCUT2D eigenvalue weighted by Crippen LogP contribution is 2.27. The molecule has 0 saturated heterocycles. The van der Waals surface area contributed by atoms with Gasteiger partial charge in [-0.15, -0.1) is 0 Å². The Morgan fingerprint density at radius 2 is 1.73 bits per heavy atom. The Hall–Kier alpha value is -2.75. The lowest BCUT2D eigenvalue weighted by molar-refractivity contribution is -0.120. The van der Waals surface area contributed by atoms with Gasteiger partial charge in [-0.05, 0) is 18.6 Å². The molecule has 0 heterocycles. The van der Waals surface area contributed by atoms with Crippen molar-refractivity contribution in [2.75, 3.05) is 27.3 Å². The summed E-state index contributed by atoms with van der Waals surface area (Å²) in [5.41, 5.74) is 0.334. The van der Waals surface area contributed by atoms with Crippen LogP contribution in [0.3, 0.4) is 0 Å². The fourth-order valence-electron chi connectivity index (χ4n) is 1.82. The van der Waals surface area contributed by atoms with Crippen molar-refractivity contribution in [1.29, 1.82) is 5.26 Å². The van der Waals surface area contributed by atoms with E-state index in [1.54, 1.807) is 24.3 Å². The molecule has 1 aromatic carbocycles. The van der Waals surface area contributed by atoms with E-state index in [4.69, 9.17) is 14.7 Å². The Balaban J connectivity index is 2.50. The summed E-state index contributed by atoms with van der Waals surface area (Å²) >= 11 is 0. The van der Waals surface area contributed by atoms with Gasteiger partial charge >= 0.3 is 0 Å². The fourth-order valence-corrected chi connectivity index (χ4v) is 1.82. The quantitative estimate of drug-likeness (QED) is 0.694. The summed E-state index contributed by atoms with van der Waals surface area (Å²) in [7, 11) is 2.96. The molecule has 2 N–H and O–H groups in total. The third-order valence-corrected chi connectivity index (χ3v) is 2.86. The molecule has 0 aliphatic carbocycles. The molecule has 0 unspecified atom stereocenters. The van der Waals surface area contributed by atoms with Crippen molar-refractivity contribution in [2.24, 2.45) is 0 Å². The Labute approximate surface area is 129 Å². The van der Waals surface area contributed by atoms with E-state index >= 15 is 0 Å². The highest BCUT2D eigenvalue weighted by molar-refractivity contribution is 5.99. The van der Waals surface area contributed by atoms with E-state index in [0.717, 1.165) is 0 Å². The van der Waals surface area contributed by atoms with Crippen LogP contribution in [0.5, 0.6) is 11.5 Å². The second-order valence-corrected chi connectivity index (χ2v) is 4.33. The zero-order valence-corrected chi connectivity index (χ0v) is 12.6. The van der Waals surface area contributed by atoms with Gasteiger partial charge in [0.05, 0.1) is 20.3 Å². The minimum atomic E-state index is -0.319. The van der Waals surface area contributed by atoms with Gasteiger partial charge in [0.2, 0.25) is 5.91 Å². The first-order valence-electron chi connectivity index (χ1n) is 6.76. The van der Waals surface area contributed by atoms with Gasteiger partial charge < -0.3 is 20.1 Å². The van der Waals surface area contributed by atoms with Crippen LogP contribution in [0.1, 0.15) is 23.2 Å². The number of carbonyl (C=O) groups is 2. The zero-order chi connectivity index (χ0) is 16.4. The molecule has 118 valence electrons. The standard InChI is InChI=1S/C15H19N3O4/c1-21-11-5-3-6-12(22-2)14(11)15(20)18-10-4-9-17-13(19)7-8-16/h3,5-6H,4,7,9-10H2,1-2H3,(H,17,19)(H,18,20). The highest BCUT2D eigenvalue weighted by atomic mass is 16.5. The Bertz CT molecular complexity index is 544. The van der Waals surface area contributed by atoms with Crippen LogP contribution < -0.4 is 20.1 Å². The molecule has 0 atom stereocenters. The van der Waals surface area contributed by atoms with Gasteiger partial charge in [-0.2, -0.15) is 5.26 Å². The van der Waals surface area contributed by atoms with E-state index in [0.29, 0.717) is 36.6 Å². The highest BCUT2D eigenvalue weighted by Gasteiger charge is 2.17. The van der Waals surface area contributed by atoms with E-state index in [2.05, 4.69) is 10.6 Å². The molecule has 0 saturated carbocycles. The van der Waals surface area contributed by atoms with Gasteiger partial charge in [0.25, 0.3) is 5.91 Å². The van der Waals surface area contributed by atoms with Crippen LogP contribution in [-0.2, 0) is 4.79 Å². The molecule has 1 aromatic rings. The molecule has 0 aliphatic heterocycles. The molecule has 0 fully saturated rings. The topological polar surface area (TPSA) is 100 Å². The molecule has 7 nitrogen and oxygen atoms in total. The zero-order valence-electron chi connectivity index (χ0n) is 12.6. The molecular weight excluding hydrogens is 286 g/mol. The number of ether oxygens (including phenoxy) is 2. The maximum atomic E-state index is 12.2. The van der Waals surface area contributed by atoms with Gasteiger partial charge in [-0.25, -0.2) is 0 Å². The number of benzene rings is 1. The number of rotatable bonds is 8. The van der Waals surface area contributed by atoms with E-state index < -0.39 is 0 Å². The van der Waals surface area contributed by atoms with Crippen molar-refractivity contribution in [3.05, 3.63) is 23.8 Å². The van der Waals surface area contributed by atoms with Crippen molar-refractivity contribution in [3.63, 3.8) is 0 Å². The third kappa shape index (κ3) is 4.98. The summed E-state index contributed by atoms with van der Waals surface area (Å²) in [5.74, 6) is 0.233. The summed E-state index contributed by atoms with van der Waals surface area (Å²) in [4.78, 5) is 23.3. The van der Waals surface area contributed by atoms with Crippen LogP contribution in [0.15, 0.2) is 18.2 Å². The van der Waals surface area contributed by atoms with Crippen molar-refractivity contribution in [1.82, 2.24) is 10.6 Å². The lowest BCUT2D eigenvalue weighted by atomic mass is 10.1. The van der Waals surface area contributed by atoms with Crippen LogP contribution in [0.25, 0.3) is 0 Å². The number of hydrogen-bond acceptors (Lipinski definition) is 5. The summed E-state index contributed by atoms with van der Waals surface area (Å²) in [5, 5.41) is 13.7. The summed E-state index contributed by atoms with van der Waals surface area (Å²) in [6.07, 6.45) is 0.394. The summed E-state index contributed by atoms with van der Waals surface area (Å²) in [6.45, 7) is 0.775. The van der Waals surface area contributed by atoms with E-state index in [9.17, 15) is 9.59 Å². The smallest absolute Gasteiger partial charge is 0.258 e. The first-order chi connectivity index (χ1) is 10.6. The van der Waals surface area contributed by atoms with Crippen LogP contribution in [0.2, 0.25) is 0 Å². The number of nitrogens with zero attached hydrogens (tertiary/aromatic N) is 1. The summed E-state index contributed by atoms with van der Waals surface area (Å²) < 4.78 is 10.3. The van der Waals surface area contributed by atoms with Crippen molar-refractivity contribution < 1.29 is 19.1 Å². The third-order valence-electron chi connectivity index (χ3n) is 2.86. The predicted octanol–water partition coefficient (Wildman–Crippen LogP) is 0.854. The van der Waals surface area contributed by atoms with Crippen molar-refractivity contribution >= 4 is 11.8 Å². The fraction of sp³-hybridized carbons (Fsp3) is 0.400. The Morgan fingerprint density at radius 1 is 1.14 bits per heavy atom. The molecule has 0 bridgehead atoms. The average molecular weight is 305 g/mol. The Kier molecular flexibility index (Phi) is 7.26. The maximum Gasteiger partial charge on any atom is 0.258 e. The molecular formula is C15H19N3O4. The van der Waals surface area contributed by atoms with Gasteiger partial charge in [-0.3, -0.25) is 9.59 Å². The number of carbonyl (C=O) groups excluding carboxylic acids is 2. The van der Waals surface area contributed by atoms with Crippen molar-refractivity contribution in [3.8, 4) is 17.6 Å². The number of hydrogen-bond donors (Lipinski definition) is 2. The molecule has 7 heteroatoms. The van der Waals surface area contributed by atoms with Gasteiger partial charge in [0.1, 0.15) is 23.5 Å². The molecule has 0 aromatic heterocycles. The molecule has 0 spiro atoms. The SMILES string of the molecule is COc1cccc(OC)c1C(=O)NCCCNC(=O)CC#N. The normalized spacial score (nSPS) is 9.50. The second kappa shape index (κ2) is 9.23. The second-order valence-electron chi connectivity index (χ2n) is 4.33. The van der Waals surface area contributed by atoms with Gasteiger partial charge in [-0.1, -0.05) is 6.07 Å². The van der Waals surface area contributed by atoms with Crippen LogP contribution in [-0.4, -0.2) is 39.1 Å². The van der Waals surface area contributed by atoms with Crippen LogP contribution in [0, 0.1) is 11.3 Å². The molecule has 0 radical (unpaired) electrons. The first kappa shape index (κ1) is 17.3.